The van der Waals surface area contributed by atoms with Gasteiger partial charge in [-0.05, 0) is 53.6 Å². The van der Waals surface area contributed by atoms with E-state index in [1.165, 1.54) is 5.39 Å². The first-order valence-corrected chi connectivity index (χ1v) is 8.17. The molecular weight excluding hydrogens is 322 g/mol. The van der Waals surface area contributed by atoms with Crippen LogP contribution in [0.5, 0.6) is 5.75 Å². The van der Waals surface area contributed by atoms with Crippen LogP contribution in [0.2, 0.25) is 5.02 Å². The van der Waals surface area contributed by atoms with Gasteiger partial charge in [-0.3, -0.25) is 4.79 Å². The zero-order chi connectivity index (χ0) is 16.9. The SMILES string of the molecule is CC(Oc1ccc(Cl)cc1)C(=O)NCc1ccc2ccccc2c1. The lowest BCUT2D eigenvalue weighted by Crippen LogP contribution is -2.35. The van der Waals surface area contributed by atoms with E-state index in [4.69, 9.17) is 16.3 Å². The van der Waals surface area contributed by atoms with Gasteiger partial charge in [-0.25, -0.2) is 0 Å². The number of hydrogen-bond donors (Lipinski definition) is 1. The second-order valence-electron chi connectivity index (χ2n) is 5.61. The van der Waals surface area contributed by atoms with E-state index in [-0.39, 0.29) is 5.91 Å². The van der Waals surface area contributed by atoms with Gasteiger partial charge in [0.15, 0.2) is 6.10 Å². The topological polar surface area (TPSA) is 38.3 Å². The fourth-order valence-electron chi connectivity index (χ4n) is 2.45. The Kier molecular flexibility index (Phi) is 5.02. The Bertz CT molecular complexity index is 846. The Morgan fingerprint density at radius 3 is 2.50 bits per heavy atom. The smallest absolute Gasteiger partial charge is 0.261 e. The van der Waals surface area contributed by atoms with E-state index in [2.05, 4.69) is 29.6 Å². The first-order valence-electron chi connectivity index (χ1n) is 7.79. The third kappa shape index (κ3) is 4.06. The summed E-state index contributed by atoms with van der Waals surface area (Å²) in [6.07, 6.45) is -0.577. The van der Waals surface area contributed by atoms with Crippen LogP contribution in [0, 0.1) is 0 Å². The van der Waals surface area contributed by atoms with Crippen molar-refractivity contribution < 1.29 is 9.53 Å². The van der Waals surface area contributed by atoms with Gasteiger partial charge >= 0.3 is 0 Å². The van der Waals surface area contributed by atoms with Gasteiger partial charge in [-0.15, -0.1) is 0 Å². The van der Waals surface area contributed by atoms with Crippen LogP contribution in [0.15, 0.2) is 66.7 Å². The molecule has 3 rings (SSSR count). The first-order chi connectivity index (χ1) is 11.6. The van der Waals surface area contributed by atoms with Crippen LogP contribution in [-0.2, 0) is 11.3 Å². The minimum Gasteiger partial charge on any atom is -0.481 e. The fourth-order valence-corrected chi connectivity index (χ4v) is 2.58. The Morgan fingerprint density at radius 1 is 1.04 bits per heavy atom. The number of ether oxygens (including phenoxy) is 1. The highest BCUT2D eigenvalue weighted by molar-refractivity contribution is 6.30. The summed E-state index contributed by atoms with van der Waals surface area (Å²) >= 11 is 5.83. The van der Waals surface area contributed by atoms with E-state index in [0.29, 0.717) is 17.3 Å². The van der Waals surface area contributed by atoms with E-state index in [1.54, 1.807) is 31.2 Å². The van der Waals surface area contributed by atoms with Gasteiger partial charge in [-0.1, -0.05) is 48.0 Å². The van der Waals surface area contributed by atoms with Crippen LogP contribution in [0.1, 0.15) is 12.5 Å². The highest BCUT2D eigenvalue weighted by Gasteiger charge is 2.14. The third-order valence-corrected chi connectivity index (χ3v) is 4.03. The molecule has 0 aliphatic rings. The summed E-state index contributed by atoms with van der Waals surface area (Å²) in [5.41, 5.74) is 1.06. The molecule has 0 heterocycles. The van der Waals surface area contributed by atoms with Crippen molar-refractivity contribution in [2.24, 2.45) is 0 Å². The number of rotatable bonds is 5. The van der Waals surface area contributed by atoms with Crippen LogP contribution < -0.4 is 10.1 Å². The summed E-state index contributed by atoms with van der Waals surface area (Å²) in [4.78, 5) is 12.2. The molecule has 0 bridgehead atoms. The molecule has 4 heteroatoms. The van der Waals surface area contributed by atoms with E-state index in [0.717, 1.165) is 10.9 Å². The van der Waals surface area contributed by atoms with Crippen molar-refractivity contribution >= 4 is 28.3 Å². The van der Waals surface area contributed by atoms with Gasteiger partial charge in [0.1, 0.15) is 5.75 Å². The number of benzene rings is 3. The lowest BCUT2D eigenvalue weighted by Gasteiger charge is -2.15. The van der Waals surface area contributed by atoms with Crippen LogP contribution in [0.3, 0.4) is 0 Å². The summed E-state index contributed by atoms with van der Waals surface area (Å²) in [6, 6.07) is 21.3. The van der Waals surface area contributed by atoms with E-state index in [1.807, 2.05) is 18.2 Å². The Morgan fingerprint density at radius 2 is 1.75 bits per heavy atom. The average Bonchev–Trinajstić information content (AvgIpc) is 2.61. The van der Waals surface area contributed by atoms with Crippen LogP contribution in [0.25, 0.3) is 10.8 Å². The summed E-state index contributed by atoms with van der Waals surface area (Å²) in [5.74, 6) is 0.464. The second kappa shape index (κ2) is 7.37. The molecule has 0 aliphatic heterocycles. The van der Waals surface area contributed by atoms with Crippen molar-refractivity contribution in [1.29, 1.82) is 0 Å². The summed E-state index contributed by atoms with van der Waals surface area (Å²) < 4.78 is 5.62. The first kappa shape index (κ1) is 16.3. The predicted molar refractivity (Wildman–Crippen MR) is 97.3 cm³/mol. The Labute approximate surface area is 146 Å². The molecule has 3 nitrogen and oxygen atoms in total. The highest BCUT2D eigenvalue weighted by atomic mass is 35.5. The molecule has 0 fully saturated rings. The molecule has 0 aromatic heterocycles. The maximum Gasteiger partial charge on any atom is 0.261 e. The number of amides is 1. The molecule has 0 spiro atoms. The minimum atomic E-state index is -0.577. The number of carbonyl (C=O) groups is 1. The van der Waals surface area contributed by atoms with Gasteiger partial charge in [0.2, 0.25) is 0 Å². The fraction of sp³-hybridized carbons (Fsp3) is 0.150. The third-order valence-electron chi connectivity index (χ3n) is 3.78. The molecule has 1 amide bonds. The van der Waals surface area contributed by atoms with Gasteiger partial charge in [0.05, 0.1) is 0 Å². The highest BCUT2D eigenvalue weighted by Crippen LogP contribution is 2.17. The standard InChI is InChI=1S/C20H18ClNO2/c1-14(24-19-10-8-18(21)9-11-19)20(23)22-13-15-6-7-16-4-2-3-5-17(16)12-15/h2-12,14H,13H2,1H3,(H,22,23). The van der Waals surface area contributed by atoms with Crippen LogP contribution in [0.4, 0.5) is 0 Å². The molecule has 1 atom stereocenters. The number of hydrogen-bond acceptors (Lipinski definition) is 2. The molecule has 1 N–H and O–H groups in total. The Hall–Kier alpha value is -2.52. The molecule has 122 valence electrons. The lowest BCUT2D eigenvalue weighted by molar-refractivity contribution is -0.127. The predicted octanol–water partition coefficient (Wildman–Crippen LogP) is 4.58. The minimum absolute atomic E-state index is 0.155. The van der Waals surface area contributed by atoms with Crippen molar-refractivity contribution in [3.05, 3.63) is 77.3 Å². The monoisotopic (exact) mass is 339 g/mol. The van der Waals surface area contributed by atoms with Gasteiger partial charge in [0.25, 0.3) is 5.91 Å². The zero-order valence-electron chi connectivity index (χ0n) is 13.3. The number of nitrogens with one attached hydrogen (secondary N) is 1. The van der Waals surface area contributed by atoms with Crippen molar-refractivity contribution in [3.8, 4) is 5.75 Å². The largest absolute Gasteiger partial charge is 0.481 e. The summed E-state index contributed by atoms with van der Waals surface area (Å²) in [6.45, 7) is 2.20. The summed E-state index contributed by atoms with van der Waals surface area (Å²) in [5, 5.41) is 5.89. The van der Waals surface area contributed by atoms with E-state index < -0.39 is 6.10 Å². The Balaban J connectivity index is 1.58. The number of halogens is 1. The van der Waals surface area contributed by atoms with Crippen molar-refractivity contribution in [1.82, 2.24) is 5.32 Å². The molecule has 0 aliphatic carbocycles. The number of fused-ring (bicyclic) bond motifs is 1. The van der Waals surface area contributed by atoms with Crippen LogP contribution in [-0.4, -0.2) is 12.0 Å². The van der Waals surface area contributed by atoms with E-state index >= 15 is 0 Å². The lowest BCUT2D eigenvalue weighted by atomic mass is 10.1. The van der Waals surface area contributed by atoms with Gasteiger partial charge in [-0.2, -0.15) is 0 Å². The molecule has 3 aromatic rings. The normalized spacial score (nSPS) is 11.9. The molecule has 3 aromatic carbocycles. The number of carbonyl (C=O) groups excluding carboxylic acids is 1. The summed E-state index contributed by atoms with van der Waals surface area (Å²) in [7, 11) is 0. The quantitative estimate of drug-likeness (QED) is 0.739. The van der Waals surface area contributed by atoms with E-state index in [9.17, 15) is 4.79 Å². The maximum absolute atomic E-state index is 12.2. The molecular formula is C20H18ClNO2. The molecule has 24 heavy (non-hydrogen) atoms. The van der Waals surface area contributed by atoms with Gasteiger partial charge in [0, 0.05) is 11.6 Å². The van der Waals surface area contributed by atoms with Crippen molar-refractivity contribution in [3.63, 3.8) is 0 Å². The second-order valence-corrected chi connectivity index (χ2v) is 6.05. The van der Waals surface area contributed by atoms with Crippen molar-refractivity contribution in [2.45, 2.75) is 19.6 Å². The average molecular weight is 340 g/mol. The molecule has 0 saturated heterocycles. The molecule has 1 unspecified atom stereocenters. The molecule has 0 saturated carbocycles. The van der Waals surface area contributed by atoms with Gasteiger partial charge < -0.3 is 10.1 Å². The van der Waals surface area contributed by atoms with Crippen LogP contribution >= 0.6 is 11.6 Å². The molecule has 0 radical (unpaired) electrons. The zero-order valence-corrected chi connectivity index (χ0v) is 14.1. The maximum atomic E-state index is 12.2. The van der Waals surface area contributed by atoms with Crippen molar-refractivity contribution in [2.75, 3.05) is 0 Å².